The van der Waals surface area contributed by atoms with Gasteiger partial charge in [0.15, 0.2) is 0 Å². The van der Waals surface area contributed by atoms with Gasteiger partial charge in [-0.05, 0) is 30.7 Å². The summed E-state index contributed by atoms with van der Waals surface area (Å²) in [6.07, 6.45) is 3.13. The van der Waals surface area contributed by atoms with Crippen molar-refractivity contribution in [2.24, 2.45) is 0 Å². The van der Waals surface area contributed by atoms with Gasteiger partial charge in [0.05, 0.1) is 0 Å². The van der Waals surface area contributed by atoms with Gasteiger partial charge in [0.25, 0.3) is 0 Å². The van der Waals surface area contributed by atoms with Gasteiger partial charge in [0.2, 0.25) is 5.91 Å². The van der Waals surface area contributed by atoms with Gasteiger partial charge in [-0.15, -0.1) is 0 Å². The van der Waals surface area contributed by atoms with Crippen molar-refractivity contribution in [2.75, 3.05) is 0 Å². The smallest absolute Gasteiger partial charge is 0.244 e. The molecule has 0 spiro atoms. The molecule has 1 aromatic heterocycles. The summed E-state index contributed by atoms with van der Waals surface area (Å²) in [5, 5.41) is 2.81. The lowest BCUT2D eigenvalue weighted by molar-refractivity contribution is -0.116. The van der Waals surface area contributed by atoms with Gasteiger partial charge in [0.1, 0.15) is 11.5 Å². The van der Waals surface area contributed by atoms with E-state index in [4.69, 9.17) is 4.42 Å². The molecule has 2 aromatic rings. The Morgan fingerprint density at radius 1 is 1.22 bits per heavy atom. The molecule has 1 N–H and O–H groups in total. The number of hydrogen-bond donors (Lipinski definition) is 1. The van der Waals surface area contributed by atoms with Crippen LogP contribution in [0.1, 0.15) is 17.1 Å². The van der Waals surface area contributed by atoms with Crippen LogP contribution in [-0.4, -0.2) is 5.91 Å². The zero-order valence-electron chi connectivity index (χ0n) is 10.2. The third-order valence-corrected chi connectivity index (χ3v) is 2.47. The molecule has 0 saturated carbocycles. The predicted molar refractivity (Wildman–Crippen MR) is 70.8 cm³/mol. The highest BCUT2D eigenvalue weighted by Crippen LogP contribution is 2.07. The fourth-order valence-electron chi connectivity index (χ4n) is 1.54. The van der Waals surface area contributed by atoms with Gasteiger partial charge < -0.3 is 9.73 Å². The van der Waals surface area contributed by atoms with Gasteiger partial charge in [-0.3, -0.25) is 4.79 Å². The summed E-state index contributed by atoms with van der Waals surface area (Å²) in [7, 11) is 0. The molecule has 0 aliphatic rings. The van der Waals surface area contributed by atoms with Crippen molar-refractivity contribution in [1.29, 1.82) is 0 Å². The van der Waals surface area contributed by atoms with Crippen LogP contribution in [0, 0.1) is 6.92 Å². The van der Waals surface area contributed by atoms with Crippen LogP contribution in [0.4, 0.5) is 0 Å². The summed E-state index contributed by atoms with van der Waals surface area (Å²) in [4.78, 5) is 11.6. The first-order valence-corrected chi connectivity index (χ1v) is 5.80. The van der Waals surface area contributed by atoms with Crippen LogP contribution in [-0.2, 0) is 11.3 Å². The van der Waals surface area contributed by atoms with E-state index < -0.39 is 0 Å². The number of aryl methyl sites for hydroxylation is 1. The van der Waals surface area contributed by atoms with Crippen molar-refractivity contribution in [1.82, 2.24) is 5.32 Å². The van der Waals surface area contributed by atoms with Crippen molar-refractivity contribution in [3.63, 3.8) is 0 Å². The van der Waals surface area contributed by atoms with Crippen molar-refractivity contribution in [3.8, 4) is 0 Å². The molecule has 0 saturated heterocycles. The van der Waals surface area contributed by atoms with Gasteiger partial charge in [-0.2, -0.15) is 0 Å². The van der Waals surface area contributed by atoms with Crippen LogP contribution in [0.25, 0.3) is 6.08 Å². The van der Waals surface area contributed by atoms with Gasteiger partial charge in [0, 0.05) is 12.6 Å². The van der Waals surface area contributed by atoms with Gasteiger partial charge in [-0.1, -0.05) is 30.3 Å². The van der Waals surface area contributed by atoms with E-state index in [1.165, 1.54) is 6.08 Å². The number of amides is 1. The predicted octanol–water partition coefficient (Wildman–Crippen LogP) is 2.92. The Balaban J connectivity index is 1.84. The minimum absolute atomic E-state index is 0.132. The second-order valence-corrected chi connectivity index (χ2v) is 3.99. The lowest BCUT2D eigenvalue weighted by atomic mass is 10.2. The highest BCUT2D eigenvalue weighted by molar-refractivity contribution is 5.91. The van der Waals surface area contributed by atoms with Crippen LogP contribution in [0.15, 0.2) is 53.0 Å². The normalized spacial score (nSPS) is 10.7. The first-order chi connectivity index (χ1) is 8.74. The highest BCUT2D eigenvalue weighted by Gasteiger charge is 1.97. The number of carbonyl (C=O) groups is 1. The molecular weight excluding hydrogens is 226 g/mol. The zero-order chi connectivity index (χ0) is 12.8. The average Bonchev–Trinajstić information content (AvgIpc) is 2.81. The Morgan fingerprint density at radius 3 is 2.67 bits per heavy atom. The molecule has 0 unspecified atom stereocenters. The maximum atomic E-state index is 11.6. The van der Waals surface area contributed by atoms with Crippen molar-refractivity contribution in [2.45, 2.75) is 13.5 Å². The Labute approximate surface area is 106 Å². The fourth-order valence-corrected chi connectivity index (χ4v) is 1.54. The Morgan fingerprint density at radius 2 is 2.00 bits per heavy atom. The summed E-state index contributed by atoms with van der Waals surface area (Å²) in [5.74, 6) is 1.38. The van der Waals surface area contributed by atoms with Crippen LogP contribution >= 0.6 is 0 Å². The van der Waals surface area contributed by atoms with Crippen molar-refractivity contribution < 1.29 is 9.21 Å². The summed E-state index contributed by atoms with van der Waals surface area (Å²) < 4.78 is 5.33. The number of nitrogens with one attached hydrogen (secondary N) is 1. The molecule has 3 heteroatoms. The maximum Gasteiger partial charge on any atom is 0.244 e. The molecule has 0 bridgehead atoms. The zero-order valence-corrected chi connectivity index (χ0v) is 10.2. The summed E-state index contributed by atoms with van der Waals surface area (Å²) in [6.45, 7) is 2.40. The van der Waals surface area contributed by atoms with Crippen LogP contribution in [0.3, 0.4) is 0 Å². The molecule has 3 nitrogen and oxygen atoms in total. The van der Waals surface area contributed by atoms with Crippen LogP contribution in [0.5, 0.6) is 0 Å². The van der Waals surface area contributed by atoms with E-state index in [0.717, 1.165) is 11.3 Å². The number of rotatable bonds is 4. The summed E-state index contributed by atoms with van der Waals surface area (Å²) >= 11 is 0. The molecule has 92 valence electrons. The second-order valence-electron chi connectivity index (χ2n) is 3.99. The SMILES string of the molecule is Cc1ccc(/C=C/C(=O)NCc2ccccc2)o1. The van der Waals surface area contributed by atoms with E-state index >= 15 is 0 Å². The molecule has 2 rings (SSSR count). The fraction of sp³-hybridized carbons (Fsp3) is 0.133. The van der Waals surface area contributed by atoms with Crippen molar-refractivity contribution in [3.05, 3.63) is 65.6 Å². The van der Waals surface area contributed by atoms with E-state index in [1.807, 2.05) is 49.4 Å². The molecule has 1 heterocycles. The Bertz CT molecular complexity index is 541. The van der Waals surface area contributed by atoms with E-state index in [1.54, 1.807) is 6.08 Å². The quantitative estimate of drug-likeness (QED) is 0.836. The highest BCUT2D eigenvalue weighted by atomic mass is 16.3. The van der Waals surface area contributed by atoms with Gasteiger partial charge >= 0.3 is 0 Å². The lowest BCUT2D eigenvalue weighted by Crippen LogP contribution is -2.20. The second kappa shape index (κ2) is 5.87. The number of hydrogen-bond acceptors (Lipinski definition) is 2. The molecule has 0 fully saturated rings. The first-order valence-electron chi connectivity index (χ1n) is 5.80. The molecule has 0 aliphatic carbocycles. The van der Waals surface area contributed by atoms with Gasteiger partial charge in [-0.25, -0.2) is 0 Å². The minimum Gasteiger partial charge on any atom is -0.462 e. The van der Waals surface area contributed by atoms with Crippen LogP contribution < -0.4 is 5.32 Å². The minimum atomic E-state index is -0.132. The number of benzene rings is 1. The lowest BCUT2D eigenvalue weighted by Gasteiger charge is -2.01. The number of furan rings is 1. The Kier molecular flexibility index (Phi) is 3.97. The number of carbonyl (C=O) groups excluding carboxylic acids is 1. The molecular formula is C15H15NO2. The Hall–Kier alpha value is -2.29. The van der Waals surface area contributed by atoms with E-state index in [0.29, 0.717) is 12.3 Å². The molecule has 0 radical (unpaired) electrons. The van der Waals surface area contributed by atoms with E-state index in [2.05, 4.69) is 5.32 Å². The van der Waals surface area contributed by atoms with E-state index in [9.17, 15) is 4.79 Å². The molecule has 18 heavy (non-hydrogen) atoms. The monoisotopic (exact) mass is 241 g/mol. The first kappa shape index (κ1) is 12.2. The van der Waals surface area contributed by atoms with Crippen molar-refractivity contribution >= 4 is 12.0 Å². The van der Waals surface area contributed by atoms with Crippen LogP contribution in [0.2, 0.25) is 0 Å². The topological polar surface area (TPSA) is 42.2 Å². The van der Waals surface area contributed by atoms with E-state index in [-0.39, 0.29) is 5.91 Å². The summed E-state index contributed by atoms with van der Waals surface area (Å²) in [6, 6.07) is 13.5. The largest absolute Gasteiger partial charge is 0.462 e. The molecule has 0 aliphatic heterocycles. The third-order valence-electron chi connectivity index (χ3n) is 2.47. The third kappa shape index (κ3) is 3.63. The molecule has 0 atom stereocenters. The average molecular weight is 241 g/mol. The molecule has 1 amide bonds. The molecule has 1 aromatic carbocycles. The maximum absolute atomic E-state index is 11.6. The standard InChI is InChI=1S/C15H15NO2/c1-12-7-8-14(18-12)9-10-15(17)16-11-13-5-3-2-4-6-13/h2-10H,11H2,1H3,(H,16,17)/b10-9+. The summed E-state index contributed by atoms with van der Waals surface area (Å²) in [5.41, 5.74) is 1.08.